The largest absolute Gasteiger partial charge is 0.487 e. The fraction of sp³-hybridized carbons (Fsp3) is 0.286. The van der Waals surface area contributed by atoms with E-state index in [-0.39, 0.29) is 25.2 Å². The molecule has 0 aliphatic carbocycles. The molecule has 4 rings (SSSR count). The van der Waals surface area contributed by atoms with E-state index in [9.17, 15) is 9.59 Å². The number of hydrogen-bond donors (Lipinski definition) is 3. The normalized spacial score (nSPS) is 16.0. The lowest BCUT2D eigenvalue weighted by molar-refractivity contribution is 0.0945. The van der Waals surface area contributed by atoms with Crippen LogP contribution in [0.4, 0.5) is 4.79 Å². The number of ether oxygens (including phenoxy) is 1. The number of aliphatic hydroxyl groups excluding tert-OH is 1. The molecule has 9 nitrogen and oxygen atoms in total. The van der Waals surface area contributed by atoms with Crippen LogP contribution in [0.5, 0.6) is 5.75 Å². The Bertz CT molecular complexity index is 1060. The average molecular weight is 410 g/mol. The van der Waals surface area contributed by atoms with E-state index in [2.05, 4.69) is 10.3 Å². The minimum Gasteiger partial charge on any atom is -0.487 e. The highest BCUT2D eigenvalue weighted by Crippen LogP contribution is 2.23. The predicted molar refractivity (Wildman–Crippen MR) is 109 cm³/mol. The Morgan fingerprint density at radius 3 is 2.80 bits per heavy atom. The molecule has 9 heteroatoms. The van der Waals surface area contributed by atoms with Crippen molar-refractivity contribution in [3.63, 3.8) is 0 Å². The summed E-state index contributed by atoms with van der Waals surface area (Å²) in [5.41, 5.74) is 1.43. The first-order valence-electron chi connectivity index (χ1n) is 9.66. The number of pyridine rings is 1. The maximum absolute atomic E-state index is 12.1. The number of fused-ring (bicyclic) bond motifs is 1. The summed E-state index contributed by atoms with van der Waals surface area (Å²) in [5, 5.41) is 21.4. The second kappa shape index (κ2) is 8.42. The van der Waals surface area contributed by atoms with Crippen molar-refractivity contribution in [3.8, 4) is 11.6 Å². The fourth-order valence-electron chi connectivity index (χ4n) is 3.53. The van der Waals surface area contributed by atoms with Gasteiger partial charge in [0, 0.05) is 36.7 Å². The van der Waals surface area contributed by atoms with Gasteiger partial charge in [-0.05, 0) is 36.4 Å². The molecule has 1 unspecified atom stereocenters. The maximum Gasteiger partial charge on any atom is 0.407 e. The van der Waals surface area contributed by atoms with Crippen molar-refractivity contribution < 1.29 is 24.5 Å². The van der Waals surface area contributed by atoms with Gasteiger partial charge in [0.2, 0.25) is 0 Å². The van der Waals surface area contributed by atoms with Gasteiger partial charge in [0.15, 0.2) is 0 Å². The molecular weight excluding hydrogens is 388 g/mol. The third-order valence-corrected chi connectivity index (χ3v) is 5.04. The molecule has 156 valence electrons. The summed E-state index contributed by atoms with van der Waals surface area (Å²) >= 11 is 0. The van der Waals surface area contributed by atoms with Gasteiger partial charge >= 0.3 is 6.09 Å². The van der Waals surface area contributed by atoms with Crippen LogP contribution < -0.4 is 10.1 Å². The third kappa shape index (κ3) is 4.06. The molecule has 3 N–H and O–H groups in total. The molecule has 0 bridgehead atoms. The van der Waals surface area contributed by atoms with Gasteiger partial charge in [-0.1, -0.05) is 0 Å². The lowest BCUT2D eigenvalue weighted by Gasteiger charge is -2.14. The number of benzene rings is 1. The zero-order chi connectivity index (χ0) is 21.1. The van der Waals surface area contributed by atoms with E-state index in [4.69, 9.17) is 14.9 Å². The first kappa shape index (κ1) is 19.7. The number of likely N-dealkylation sites (tertiary alicyclic amines) is 1. The van der Waals surface area contributed by atoms with Gasteiger partial charge in [0.1, 0.15) is 17.7 Å². The Kier molecular flexibility index (Phi) is 5.53. The Balaban J connectivity index is 1.47. The van der Waals surface area contributed by atoms with E-state index in [1.54, 1.807) is 18.3 Å². The highest BCUT2D eigenvalue weighted by molar-refractivity contribution is 5.98. The van der Waals surface area contributed by atoms with Crippen LogP contribution in [0.2, 0.25) is 0 Å². The van der Waals surface area contributed by atoms with Crippen LogP contribution in [0.25, 0.3) is 16.7 Å². The van der Waals surface area contributed by atoms with Gasteiger partial charge in [-0.2, -0.15) is 0 Å². The molecule has 3 heterocycles. The van der Waals surface area contributed by atoms with Crippen LogP contribution in [-0.4, -0.2) is 69.0 Å². The summed E-state index contributed by atoms with van der Waals surface area (Å²) < 4.78 is 7.76. The van der Waals surface area contributed by atoms with Gasteiger partial charge < -0.3 is 29.7 Å². The van der Waals surface area contributed by atoms with Crippen molar-refractivity contribution >= 4 is 22.9 Å². The monoisotopic (exact) mass is 410 g/mol. The molecular formula is C21H22N4O5. The van der Waals surface area contributed by atoms with E-state index >= 15 is 0 Å². The van der Waals surface area contributed by atoms with Gasteiger partial charge in [-0.15, -0.1) is 0 Å². The van der Waals surface area contributed by atoms with Crippen LogP contribution in [0.1, 0.15) is 16.8 Å². The second-order valence-electron chi connectivity index (χ2n) is 7.05. The molecule has 0 radical (unpaired) electrons. The summed E-state index contributed by atoms with van der Waals surface area (Å²) in [6.45, 7) is 0.939. The van der Waals surface area contributed by atoms with Gasteiger partial charge in [-0.3, -0.25) is 4.79 Å². The summed E-state index contributed by atoms with van der Waals surface area (Å²) in [6, 6.07) is 10.9. The van der Waals surface area contributed by atoms with Crippen LogP contribution in [-0.2, 0) is 0 Å². The number of carbonyl (C=O) groups is 2. The van der Waals surface area contributed by atoms with Crippen molar-refractivity contribution in [2.45, 2.75) is 12.5 Å². The molecule has 1 aliphatic heterocycles. The van der Waals surface area contributed by atoms with E-state index < -0.39 is 6.09 Å². The number of rotatable bonds is 6. The molecule has 2 amide bonds. The lowest BCUT2D eigenvalue weighted by atomic mass is 10.1. The highest BCUT2D eigenvalue weighted by atomic mass is 16.5. The fourth-order valence-corrected chi connectivity index (χ4v) is 3.53. The van der Waals surface area contributed by atoms with Crippen LogP contribution in [0, 0.1) is 0 Å². The first-order chi connectivity index (χ1) is 14.5. The SMILES string of the molecule is O=C(NCCO)c1ccc2c(ccn2-c2ccc(OC3CCN(C(=O)O)C3)cn2)c1. The topological polar surface area (TPSA) is 117 Å². The van der Waals surface area contributed by atoms with E-state index in [0.29, 0.717) is 36.6 Å². The molecule has 1 fully saturated rings. The number of carboxylic acid groups (broad SMARTS) is 1. The van der Waals surface area contributed by atoms with E-state index in [1.807, 2.05) is 35.0 Å². The molecule has 1 aromatic carbocycles. The number of carbonyl (C=O) groups excluding carboxylic acids is 1. The first-order valence-corrected chi connectivity index (χ1v) is 9.66. The predicted octanol–water partition coefficient (Wildman–Crippen LogP) is 1.88. The van der Waals surface area contributed by atoms with Crippen molar-refractivity contribution in [3.05, 3.63) is 54.4 Å². The zero-order valence-corrected chi connectivity index (χ0v) is 16.2. The molecule has 1 atom stereocenters. The number of nitrogens with one attached hydrogen (secondary N) is 1. The van der Waals surface area contributed by atoms with E-state index in [1.165, 1.54) is 4.90 Å². The Hall–Kier alpha value is -3.59. The molecule has 0 spiro atoms. The standard InChI is InChI=1S/C21H22N4O5/c26-10-7-22-20(27)15-1-3-18-14(11-15)5-9-25(18)19-4-2-16(12-23-19)30-17-6-8-24(13-17)21(28)29/h1-5,9,11-12,17,26H,6-8,10,13H2,(H,22,27)(H,28,29). The summed E-state index contributed by atoms with van der Waals surface area (Å²) in [6.07, 6.45) is 3.07. The summed E-state index contributed by atoms with van der Waals surface area (Å²) in [4.78, 5) is 28.9. The number of hydrogen-bond acceptors (Lipinski definition) is 5. The average Bonchev–Trinajstić information content (AvgIpc) is 3.39. The van der Waals surface area contributed by atoms with Gasteiger partial charge in [0.25, 0.3) is 5.91 Å². The molecule has 30 heavy (non-hydrogen) atoms. The Morgan fingerprint density at radius 2 is 2.10 bits per heavy atom. The summed E-state index contributed by atoms with van der Waals surface area (Å²) in [5.74, 6) is 1.07. The third-order valence-electron chi connectivity index (χ3n) is 5.04. The summed E-state index contributed by atoms with van der Waals surface area (Å²) in [7, 11) is 0. The minimum atomic E-state index is -0.928. The highest BCUT2D eigenvalue weighted by Gasteiger charge is 2.27. The number of nitrogens with zero attached hydrogens (tertiary/aromatic N) is 3. The van der Waals surface area contributed by atoms with Gasteiger partial charge in [-0.25, -0.2) is 9.78 Å². The van der Waals surface area contributed by atoms with Crippen LogP contribution in [0.3, 0.4) is 0 Å². The van der Waals surface area contributed by atoms with Crippen molar-refractivity contribution in [1.29, 1.82) is 0 Å². The molecule has 2 aromatic heterocycles. The van der Waals surface area contributed by atoms with Gasteiger partial charge in [0.05, 0.1) is 24.9 Å². The number of amides is 2. The quantitative estimate of drug-likeness (QED) is 0.571. The lowest BCUT2D eigenvalue weighted by Crippen LogP contribution is -2.29. The smallest absolute Gasteiger partial charge is 0.407 e. The minimum absolute atomic E-state index is 0.103. The van der Waals surface area contributed by atoms with Crippen LogP contribution in [0.15, 0.2) is 48.8 Å². The van der Waals surface area contributed by atoms with Crippen LogP contribution >= 0.6 is 0 Å². The molecule has 3 aromatic rings. The number of aliphatic hydroxyl groups is 1. The maximum atomic E-state index is 12.1. The Morgan fingerprint density at radius 1 is 1.23 bits per heavy atom. The van der Waals surface area contributed by atoms with Crippen molar-refractivity contribution in [2.75, 3.05) is 26.2 Å². The number of aromatic nitrogens is 2. The van der Waals surface area contributed by atoms with E-state index in [0.717, 1.165) is 10.9 Å². The molecule has 0 saturated carbocycles. The van der Waals surface area contributed by atoms with Crippen molar-refractivity contribution in [2.24, 2.45) is 0 Å². The Labute approximate surface area is 172 Å². The molecule has 1 saturated heterocycles. The second-order valence-corrected chi connectivity index (χ2v) is 7.05. The van der Waals surface area contributed by atoms with Crippen molar-refractivity contribution in [1.82, 2.24) is 19.8 Å². The molecule has 1 aliphatic rings. The zero-order valence-electron chi connectivity index (χ0n) is 16.2.